The molecule has 0 fully saturated rings. The van der Waals surface area contributed by atoms with E-state index in [0.717, 1.165) is 0 Å². The highest BCUT2D eigenvalue weighted by Crippen LogP contribution is 2.40. The molecule has 1 rings (SSSR count). The zero-order chi connectivity index (χ0) is 18.7. The van der Waals surface area contributed by atoms with Crippen LogP contribution in [0, 0.1) is 5.92 Å². The van der Waals surface area contributed by atoms with Gasteiger partial charge in [0, 0.05) is 19.6 Å². The van der Waals surface area contributed by atoms with E-state index in [1.54, 1.807) is 13.8 Å². The Kier molecular flexibility index (Phi) is 6.68. The molecule has 0 aliphatic carbocycles. The minimum atomic E-state index is -5.48. The lowest BCUT2D eigenvalue weighted by atomic mass is 9.97. The number of allylic oxidation sites excluding steroid dienone is 1. The second-order valence-corrected chi connectivity index (χ2v) is 5.52. The summed E-state index contributed by atoms with van der Waals surface area (Å²) in [4.78, 5) is 11.5. The second kappa shape index (κ2) is 7.73. The van der Waals surface area contributed by atoms with Gasteiger partial charge in [-0.05, 0) is 12.8 Å². The Morgan fingerprint density at radius 2 is 1.79 bits per heavy atom. The van der Waals surface area contributed by atoms with Crippen molar-refractivity contribution in [3.63, 3.8) is 0 Å². The van der Waals surface area contributed by atoms with Crippen LogP contribution in [0.15, 0.2) is 11.3 Å². The normalized spacial score (nSPS) is 22.8. The monoisotopic (exact) mass is 364 g/mol. The van der Waals surface area contributed by atoms with E-state index < -0.39 is 48.3 Å². The first-order valence-electron chi connectivity index (χ1n) is 7.20. The quantitative estimate of drug-likeness (QED) is 0.674. The van der Waals surface area contributed by atoms with Gasteiger partial charge in [0.2, 0.25) is 12.0 Å². The van der Waals surface area contributed by atoms with E-state index in [2.05, 4.69) is 4.74 Å². The van der Waals surface area contributed by atoms with Crippen LogP contribution in [0.2, 0.25) is 0 Å². The van der Waals surface area contributed by atoms with E-state index in [1.165, 1.54) is 6.92 Å². The van der Waals surface area contributed by atoms with Crippen LogP contribution in [0.3, 0.4) is 0 Å². The Labute approximate surface area is 134 Å². The van der Waals surface area contributed by atoms with Crippen molar-refractivity contribution in [1.29, 1.82) is 0 Å². The summed E-state index contributed by atoms with van der Waals surface area (Å²) in [7, 11) is 0. The number of ketones is 1. The maximum Gasteiger partial charge on any atom is 0.454 e. The van der Waals surface area contributed by atoms with Crippen molar-refractivity contribution in [2.24, 2.45) is 5.92 Å². The van der Waals surface area contributed by atoms with Crippen LogP contribution in [-0.4, -0.2) is 43.7 Å². The first kappa shape index (κ1) is 20.8. The fourth-order valence-electron chi connectivity index (χ4n) is 2.05. The molecule has 1 aliphatic rings. The lowest BCUT2D eigenvalue weighted by Crippen LogP contribution is -2.43. The molecule has 0 aromatic heterocycles. The summed E-state index contributed by atoms with van der Waals surface area (Å²) in [5, 5.41) is 0. The van der Waals surface area contributed by atoms with E-state index in [1.807, 2.05) is 0 Å². The number of hydrogen-bond donors (Lipinski definition) is 0. The summed E-state index contributed by atoms with van der Waals surface area (Å²) in [6, 6.07) is 0. The van der Waals surface area contributed by atoms with Gasteiger partial charge in [0.15, 0.2) is 0 Å². The van der Waals surface area contributed by atoms with Gasteiger partial charge >= 0.3 is 12.4 Å². The molecule has 2 atom stereocenters. The van der Waals surface area contributed by atoms with Gasteiger partial charge in [-0.3, -0.25) is 4.79 Å². The predicted molar refractivity (Wildman–Crippen MR) is 69.8 cm³/mol. The Balaban J connectivity index is 3.34. The molecule has 0 aromatic rings. The van der Waals surface area contributed by atoms with Crippen LogP contribution in [0.1, 0.15) is 27.2 Å². The van der Waals surface area contributed by atoms with Crippen LogP contribution in [0.5, 0.6) is 0 Å². The Bertz CT molecular complexity index is 481. The molecule has 0 bridgehead atoms. The highest BCUT2D eigenvalue weighted by molar-refractivity contribution is 6.01. The highest BCUT2D eigenvalue weighted by atomic mass is 19.4. The van der Waals surface area contributed by atoms with Gasteiger partial charge in [-0.25, -0.2) is 0 Å². The van der Waals surface area contributed by atoms with Crippen molar-refractivity contribution >= 4 is 5.78 Å². The summed E-state index contributed by atoms with van der Waals surface area (Å²) in [6.07, 6.45) is -14.4. The average Bonchev–Trinajstić information content (AvgIpc) is 2.42. The summed E-state index contributed by atoms with van der Waals surface area (Å²) >= 11 is 0. The molecule has 10 heteroatoms. The summed E-state index contributed by atoms with van der Waals surface area (Å²) in [6.45, 7) is 4.68. The third kappa shape index (κ3) is 5.37. The van der Waals surface area contributed by atoms with E-state index in [-0.39, 0.29) is 19.1 Å². The van der Waals surface area contributed by atoms with Crippen molar-refractivity contribution < 1.29 is 45.3 Å². The minimum Gasteiger partial charge on any atom is -0.459 e. The van der Waals surface area contributed by atoms with E-state index >= 15 is 0 Å². The minimum absolute atomic E-state index is 0.0186. The molecule has 0 saturated carbocycles. The Hall–Kier alpha value is -1.29. The van der Waals surface area contributed by atoms with Gasteiger partial charge in [0.25, 0.3) is 5.78 Å². The van der Waals surface area contributed by atoms with Crippen LogP contribution < -0.4 is 0 Å². The van der Waals surface area contributed by atoms with Gasteiger partial charge in [0.1, 0.15) is 0 Å². The average molecular weight is 364 g/mol. The first-order valence-corrected chi connectivity index (χ1v) is 7.20. The number of Topliss-reactive ketones (excluding diaryl/α,β-unsaturated/α-hetero) is 1. The molecule has 1 heterocycles. The molecule has 0 saturated heterocycles. The molecule has 0 N–H and O–H groups in total. The molecule has 4 nitrogen and oxygen atoms in total. The Morgan fingerprint density at radius 3 is 2.21 bits per heavy atom. The van der Waals surface area contributed by atoms with Gasteiger partial charge in [0.05, 0.1) is 11.7 Å². The molecule has 0 unspecified atom stereocenters. The lowest BCUT2D eigenvalue weighted by molar-refractivity contribution is -0.210. The van der Waals surface area contributed by atoms with E-state index in [0.29, 0.717) is 0 Å². The third-order valence-electron chi connectivity index (χ3n) is 2.97. The highest BCUT2D eigenvalue weighted by Gasteiger charge is 2.53. The van der Waals surface area contributed by atoms with Crippen molar-refractivity contribution in [2.75, 3.05) is 13.2 Å². The number of rotatable bonds is 6. The molecule has 0 spiro atoms. The van der Waals surface area contributed by atoms with Crippen LogP contribution >= 0.6 is 0 Å². The largest absolute Gasteiger partial charge is 0.459 e. The first-order chi connectivity index (χ1) is 10.9. The Morgan fingerprint density at radius 1 is 1.21 bits per heavy atom. The van der Waals surface area contributed by atoms with E-state index in [9.17, 15) is 31.1 Å². The van der Waals surface area contributed by atoms with Crippen molar-refractivity contribution in [1.82, 2.24) is 0 Å². The van der Waals surface area contributed by atoms with Crippen LogP contribution in [0.25, 0.3) is 0 Å². The van der Waals surface area contributed by atoms with Crippen LogP contribution in [0.4, 0.5) is 26.3 Å². The molecule has 0 aromatic carbocycles. The number of alkyl halides is 6. The van der Waals surface area contributed by atoms with Gasteiger partial charge < -0.3 is 14.2 Å². The molecular weight excluding hydrogens is 346 g/mol. The van der Waals surface area contributed by atoms with Gasteiger partial charge in [-0.15, -0.1) is 0 Å². The van der Waals surface area contributed by atoms with Crippen LogP contribution in [-0.2, 0) is 19.0 Å². The van der Waals surface area contributed by atoms with E-state index in [4.69, 9.17) is 9.47 Å². The van der Waals surface area contributed by atoms with Gasteiger partial charge in [-0.2, -0.15) is 26.3 Å². The maximum atomic E-state index is 13.1. The number of halogens is 6. The maximum absolute atomic E-state index is 13.1. The molecule has 1 aliphatic heterocycles. The molecule has 140 valence electrons. The number of ether oxygens (including phenoxy) is 3. The van der Waals surface area contributed by atoms with Crippen molar-refractivity contribution in [3.05, 3.63) is 11.3 Å². The van der Waals surface area contributed by atoms with Gasteiger partial charge in [-0.1, -0.05) is 13.8 Å². The standard InChI is InChI=1S/C14H18F6O4/c1-4-22-9-5-8(23-6-7(2)3)10(11(21)13(15,16)17)12(24-9)14(18,19)20/h7-9H,4-6H2,1-3H3/t8-,9-/m0/s1. The van der Waals surface area contributed by atoms with Crippen molar-refractivity contribution in [3.8, 4) is 0 Å². The summed E-state index contributed by atoms with van der Waals surface area (Å²) in [5.41, 5.74) is -1.56. The molecule has 0 radical (unpaired) electrons. The zero-order valence-corrected chi connectivity index (χ0v) is 13.3. The topological polar surface area (TPSA) is 44.8 Å². The zero-order valence-electron chi connectivity index (χ0n) is 13.3. The molecule has 0 amide bonds. The van der Waals surface area contributed by atoms with Crippen molar-refractivity contribution in [2.45, 2.75) is 51.9 Å². The predicted octanol–water partition coefficient (Wildman–Crippen LogP) is 3.76. The fourth-order valence-corrected chi connectivity index (χ4v) is 2.05. The molecular formula is C14H18F6O4. The lowest BCUT2D eigenvalue weighted by Gasteiger charge is -2.34. The SMILES string of the molecule is CCO[C@@H]1C[C@H](OCC(C)C)C(C(=O)C(F)(F)F)=C(C(F)(F)F)O1. The summed E-state index contributed by atoms with van der Waals surface area (Å²) in [5.74, 6) is -4.79. The second-order valence-electron chi connectivity index (χ2n) is 5.52. The fraction of sp³-hybridized carbons (Fsp3) is 0.786. The number of carbonyl (C=O) groups is 1. The molecule has 24 heavy (non-hydrogen) atoms. The smallest absolute Gasteiger partial charge is 0.454 e. The summed E-state index contributed by atoms with van der Waals surface area (Å²) < 4.78 is 92.0. The third-order valence-corrected chi connectivity index (χ3v) is 2.97. The number of carbonyl (C=O) groups excluding carboxylic acids is 1. The number of hydrogen-bond acceptors (Lipinski definition) is 4.